The molecule has 3 unspecified atom stereocenters. The fraction of sp³-hybridized carbons (Fsp3) is 0.722. The number of furan rings is 1. The van der Waals surface area contributed by atoms with Crippen molar-refractivity contribution < 1.29 is 13.9 Å². The van der Waals surface area contributed by atoms with E-state index in [-0.39, 0.29) is 18.2 Å². The molecule has 0 saturated carbocycles. The molecule has 2 amide bonds. The zero-order valence-corrected chi connectivity index (χ0v) is 15.0. The van der Waals surface area contributed by atoms with E-state index in [9.17, 15) is 4.79 Å². The van der Waals surface area contributed by atoms with Crippen LogP contribution in [0.4, 0.5) is 4.79 Å². The lowest BCUT2D eigenvalue weighted by Gasteiger charge is -2.45. The van der Waals surface area contributed by atoms with Gasteiger partial charge in [0.25, 0.3) is 0 Å². The molecule has 2 saturated heterocycles. The van der Waals surface area contributed by atoms with Crippen LogP contribution in [0.3, 0.4) is 0 Å². The summed E-state index contributed by atoms with van der Waals surface area (Å²) in [5, 5.41) is 3.12. The van der Waals surface area contributed by atoms with Crippen LogP contribution in [-0.2, 0) is 11.2 Å². The number of carbonyl (C=O) groups is 1. The van der Waals surface area contributed by atoms with Gasteiger partial charge in [0.15, 0.2) is 0 Å². The van der Waals surface area contributed by atoms with E-state index >= 15 is 0 Å². The van der Waals surface area contributed by atoms with Crippen LogP contribution in [0.5, 0.6) is 0 Å². The van der Waals surface area contributed by atoms with Crippen molar-refractivity contribution in [3.63, 3.8) is 0 Å². The van der Waals surface area contributed by atoms with Gasteiger partial charge in [-0.25, -0.2) is 4.79 Å². The van der Waals surface area contributed by atoms with Crippen molar-refractivity contribution in [1.29, 1.82) is 0 Å². The Bertz CT molecular complexity index is 559. The number of morpholine rings is 1. The normalized spacial score (nSPS) is 26.0. The molecule has 2 fully saturated rings. The molecule has 1 aromatic heterocycles. The van der Waals surface area contributed by atoms with Gasteiger partial charge in [-0.3, -0.25) is 4.90 Å². The van der Waals surface area contributed by atoms with E-state index in [1.807, 2.05) is 24.0 Å². The van der Waals surface area contributed by atoms with Crippen molar-refractivity contribution >= 4 is 6.03 Å². The highest BCUT2D eigenvalue weighted by atomic mass is 16.5. The van der Waals surface area contributed by atoms with Gasteiger partial charge in [-0.1, -0.05) is 0 Å². The number of amides is 2. The van der Waals surface area contributed by atoms with Crippen LogP contribution < -0.4 is 5.32 Å². The van der Waals surface area contributed by atoms with Gasteiger partial charge in [0.2, 0.25) is 0 Å². The SMILES string of the molecule is Cc1ccc(CCC(C)NC(=O)N2CCC3OCCN(C)C3C2)o1. The Morgan fingerprint density at radius 3 is 3.00 bits per heavy atom. The third-order valence-electron chi connectivity index (χ3n) is 5.14. The van der Waals surface area contributed by atoms with E-state index in [0.29, 0.717) is 6.04 Å². The van der Waals surface area contributed by atoms with Gasteiger partial charge >= 0.3 is 6.03 Å². The third-order valence-corrected chi connectivity index (χ3v) is 5.14. The Morgan fingerprint density at radius 1 is 1.42 bits per heavy atom. The second kappa shape index (κ2) is 7.57. The van der Waals surface area contributed by atoms with Crippen molar-refractivity contribution in [3.05, 3.63) is 23.7 Å². The number of urea groups is 1. The van der Waals surface area contributed by atoms with Crippen molar-refractivity contribution in [2.24, 2.45) is 0 Å². The van der Waals surface area contributed by atoms with Crippen LogP contribution in [0.2, 0.25) is 0 Å². The number of likely N-dealkylation sites (tertiary alicyclic amines) is 1. The summed E-state index contributed by atoms with van der Waals surface area (Å²) in [7, 11) is 2.12. The molecular weight excluding hydrogens is 306 g/mol. The average Bonchev–Trinajstić information content (AvgIpc) is 2.98. The number of nitrogens with one attached hydrogen (secondary N) is 1. The molecule has 6 heteroatoms. The van der Waals surface area contributed by atoms with E-state index in [0.717, 1.165) is 57.0 Å². The Morgan fingerprint density at radius 2 is 2.25 bits per heavy atom. The van der Waals surface area contributed by atoms with Gasteiger partial charge in [-0.15, -0.1) is 0 Å². The summed E-state index contributed by atoms with van der Waals surface area (Å²) in [5.41, 5.74) is 0. The predicted octanol–water partition coefficient (Wildman–Crippen LogP) is 2.02. The van der Waals surface area contributed by atoms with E-state index in [1.165, 1.54) is 0 Å². The lowest BCUT2D eigenvalue weighted by atomic mass is 9.99. The van der Waals surface area contributed by atoms with Crippen LogP contribution in [0.25, 0.3) is 0 Å². The van der Waals surface area contributed by atoms with Crippen LogP contribution in [0.1, 0.15) is 31.3 Å². The molecule has 24 heavy (non-hydrogen) atoms. The van der Waals surface area contributed by atoms with Gasteiger partial charge in [0.1, 0.15) is 11.5 Å². The van der Waals surface area contributed by atoms with Crippen molar-refractivity contribution in [3.8, 4) is 0 Å². The second-order valence-corrected chi connectivity index (χ2v) is 7.09. The molecule has 0 spiro atoms. The van der Waals surface area contributed by atoms with E-state index in [1.54, 1.807) is 0 Å². The highest BCUT2D eigenvalue weighted by Gasteiger charge is 2.36. The van der Waals surface area contributed by atoms with Gasteiger partial charge in [0.05, 0.1) is 18.8 Å². The molecule has 3 heterocycles. The molecule has 0 bridgehead atoms. The van der Waals surface area contributed by atoms with Crippen molar-refractivity contribution in [2.45, 2.75) is 51.3 Å². The van der Waals surface area contributed by atoms with Crippen molar-refractivity contribution in [1.82, 2.24) is 15.1 Å². The van der Waals surface area contributed by atoms with Crippen LogP contribution in [-0.4, -0.2) is 67.3 Å². The number of carbonyl (C=O) groups excluding carboxylic acids is 1. The molecule has 0 radical (unpaired) electrons. The summed E-state index contributed by atoms with van der Waals surface area (Å²) < 4.78 is 11.4. The molecule has 0 aliphatic carbocycles. The Hall–Kier alpha value is -1.53. The van der Waals surface area contributed by atoms with Gasteiger partial charge in [0, 0.05) is 32.1 Å². The maximum absolute atomic E-state index is 12.5. The first-order valence-corrected chi connectivity index (χ1v) is 8.95. The largest absolute Gasteiger partial charge is 0.466 e. The fourth-order valence-electron chi connectivity index (χ4n) is 3.58. The molecule has 1 N–H and O–H groups in total. The Balaban J connectivity index is 1.45. The smallest absolute Gasteiger partial charge is 0.317 e. The van der Waals surface area contributed by atoms with Gasteiger partial charge in [-0.2, -0.15) is 0 Å². The zero-order valence-electron chi connectivity index (χ0n) is 15.0. The zero-order chi connectivity index (χ0) is 17.1. The minimum absolute atomic E-state index is 0.0375. The standard InChI is InChI=1S/C18H29N3O3/c1-13(4-6-15-7-5-14(2)24-15)19-18(22)21-9-8-17-16(12-21)20(3)10-11-23-17/h5,7,13,16-17H,4,6,8-12H2,1-3H3,(H,19,22). The first-order chi connectivity index (χ1) is 11.5. The number of hydrogen-bond acceptors (Lipinski definition) is 4. The highest BCUT2D eigenvalue weighted by molar-refractivity contribution is 5.74. The van der Waals surface area contributed by atoms with E-state index in [2.05, 4.69) is 24.2 Å². The summed E-state index contributed by atoms with van der Waals surface area (Å²) in [6.07, 6.45) is 2.91. The number of piperidine rings is 1. The topological polar surface area (TPSA) is 58.0 Å². The predicted molar refractivity (Wildman–Crippen MR) is 92.1 cm³/mol. The monoisotopic (exact) mass is 335 g/mol. The maximum Gasteiger partial charge on any atom is 0.317 e. The number of aryl methyl sites for hydroxylation is 2. The fourth-order valence-corrected chi connectivity index (χ4v) is 3.58. The highest BCUT2D eigenvalue weighted by Crippen LogP contribution is 2.22. The number of hydrogen-bond donors (Lipinski definition) is 1. The quantitative estimate of drug-likeness (QED) is 0.915. The summed E-state index contributed by atoms with van der Waals surface area (Å²) in [5.74, 6) is 1.92. The molecular formula is C18H29N3O3. The summed E-state index contributed by atoms with van der Waals surface area (Å²) in [6.45, 7) is 7.26. The van der Waals surface area contributed by atoms with Gasteiger partial charge in [-0.05, 0) is 45.9 Å². The molecule has 2 aliphatic rings. The summed E-state index contributed by atoms with van der Waals surface area (Å²) in [6, 6.07) is 4.47. The number of ether oxygens (including phenoxy) is 1. The summed E-state index contributed by atoms with van der Waals surface area (Å²) in [4.78, 5) is 16.8. The van der Waals surface area contributed by atoms with E-state index in [4.69, 9.17) is 9.15 Å². The molecule has 1 aromatic rings. The Labute approximate surface area is 144 Å². The van der Waals surface area contributed by atoms with Crippen LogP contribution in [0.15, 0.2) is 16.5 Å². The first kappa shape index (κ1) is 17.3. The Kier molecular flexibility index (Phi) is 5.46. The first-order valence-electron chi connectivity index (χ1n) is 8.95. The van der Waals surface area contributed by atoms with Crippen molar-refractivity contribution in [2.75, 3.05) is 33.3 Å². The lowest BCUT2D eigenvalue weighted by molar-refractivity contribution is -0.0882. The number of fused-ring (bicyclic) bond motifs is 1. The van der Waals surface area contributed by atoms with Gasteiger partial charge < -0.3 is 19.4 Å². The number of nitrogens with zero attached hydrogens (tertiary/aromatic N) is 2. The number of rotatable bonds is 4. The average molecular weight is 335 g/mol. The molecule has 6 nitrogen and oxygen atoms in total. The molecule has 3 atom stereocenters. The number of likely N-dealkylation sites (N-methyl/N-ethyl adjacent to an activating group) is 1. The molecule has 134 valence electrons. The molecule has 2 aliphatic heterocycles. The maximum atomic E-state index is 12.5. The molecule has 3 rings (SSSR count). The second-order valence-electron chi connectivity index (χ2n) is 7.09. The van der Waals surface area contributed by atoms with Crippen LogP contribution in [0, 0.1) is 6.92 Å². The summed E-state index contributed by atoms with van der Waals surface area (Å²) >= 11 is 0. The van der Waals surface area contributed by atoms with Crippen LogP contribution >= 0.6 is 0 Å². The minimum atomic E-state index is 0.0375. The molecule has 0 aromatic carbocycles. The van der Waals surface area contributed by atoms with E-state index < -0.39 is 0 Å². The lowest BCUT2D eigenvalue weighted by Crippen LogP contribution is -2.61. The third kappa shape index (κ3) is 4.11. The minimum Gasteiger partial charge on any atom is -0.466 e.